The molecule has 0 heterocycles. The fourth-order valence-electron chi connectivity index (χ4n) is 10.9. The summed E-state index contributed by atoms with van der Waals surface area (Å²) in [6.07, 6.45) is 83.6. The molecule has 0 saturated heterocycles. The first-order chi connectivity index (χ1) is 50.7. The zero-order chi connectivity index (χ0) is 76.0. The summed E-state index contributed by atoms with van der Waals surface area (Å²) in [5, 5.41) is 10.6. The summed E-state index contributed by atoms with van der Waals surface area (Å²) in [7, 11) is -9.98. The molecule has 17 nitrogen and oxygen atoms in total. The van der Waals surface area contributed by atoms with Crippen molar-refractivity contribution in [2.45, 2.75) is 367 Å². The van der Waals surface area contributed by atoms with E-state index in [2.05, 4.69) is 119 Å². The summed E-state index contributed by atoms with van der Waals surface area (Å²) < 4.78 is 68.6. The number of ether oxygens (including phenoxy) is 4. The van der Waals surface area contributed by atoms with Crippen molar-refractivity contribution in [3.05, 3.63) is 109 Å². The highest BCUT2D eigenvalue weighted by molar-refractivity contribution is 7.47. The zero-order valence-corrected chi connectivity index (χ0v) is 67.5. The second kappa shape index (κ2) is 76.9. The molecule has 0 aliphatic carbocycles. The van der Waals surface area contributed by atoms with Gasteiger partial charge in [0.15, 0.2) is 12.2 Å². The number of carbonyl (C=O) groups is 4. The summed E-state index contributed by atoms with van der Waals surface area (Å²) >= 11 is 0. The summed E-state index contributed by atoms with van der Waals surface area (Å²) in [4.78, 5) is 73.1. The van der Waals surface area contributed by atoms with Gasteiger partial charge in [-0.05, 0) is 141 Å². The van der Waals surface area contributed by atoms with E-state index in [1.54, 1.807) is 0 Å². The first-order valence-electron chi connectivity index (χ1n) is 41.1. The molecule has 0 saturated carbocycles. The first-order valence-corrected chi connectivity index (χ1v) is 44.1. The third kappa shape index (κ3) is 75.9. The van der Waals surface area contributed by atoms with Gasteiger partial charge in [-0.1, -0.05) is 291 Å². The van der Waals surface area contributed by atoms with Crippen LogP contribution >= 0.6 is 15.6 Å². The van der Waals surface area contributed by atoms with E-state index in [-0.39, 0.29) is 25.7 Å². The SMILES string of the molecule is CC/C=C\C/C=C\C/C=C\C/C=C\C/C=C\C/C=C\CCC(=O)OC[C@H](COP(=O)(O)OC[C@@H](O)COP(=O)(O)OC[C@@H](COC(=O)CCCCCCCCC/C=C\CCCCCC)OC(=O)CCCCCCCCC/C=C\CCCCCC)OC(=O)CCCCCCC/C=C\CCCCCCCC. The smallest absolute Gasteiger partial charge is 0.462 e. The molecule has 3 N–H and O–H groups in total. The normalized spacial score (nSPS) is 14.4. The third-order valence-electron chi connectivity index (χ3n) is 17.2. The lowest BCUT2D eigenvalue weighted by molar-refractivity contribution is -0.161. The van der Waals surface area contributed by atoms with Crippen molar-refractivity contribution in [3.63, 3.8) is 0 Å². The van der Waals surface area contributed by atoms with E-state index < -0.39 is 97.5 Å². The Kier molecular flexibility index (Phi) is 73.7. The van der Waals surface area contributed by atoms with Crippen LogP contribution in [-0.4, -0.2) is 96.7 Å². The predicted molar refractivity (Wildman–Crippen MR) is 427 cm³/mol. The number of esters is 4. The van der Waals surface area contributed by atoms with Gasteiger partial charge in [-0.15, -0.1) is 0 Å². The number of aliphatic hydroxyl groups excluding tert-OH is 1. The van der Waals surface area contributed by atoms with Gasteiger partial charge in [0.1, 0.15) is 19.3 Å². The average Bonchev–Trinajstić information content (AvgIpc) is 0.918. The lowest BCUT2D eigenvalue weighted by atomic mass is 10.1. The number of hydrogen-bond acceptors (Lipinski definition) is 15. The van der Waals surface area contributed by atoms with Gasteiger partial charge in [0.25, 0.3) is 0 Å². The topological polar surface area (TPSA) is 237 Å². The molecule has 0 radical (unpaired) electrons. The molecule has 0 aromatic carbocycles. The van der Waals surface area contributed by atoms with Crippen molar-refractivity contribution in [2.24, 2.45) is 0 Å². The van der Waals surface area contributed by atoms with Crippen LogP contribution in [0, 0.1) is 0 Å². The summed E-state index contributed by atoms with van der Waals surface area (Å²) in [5.41, 5.74) is 0. The van der Waals surface area contributed by atoms with Gasteiger partial charge in [0, 0.05) is 25.7 Å². The lowest BCUT2D eigenvalue weighted by Crippen LogP contribution is -2.30. The summed E-state index contributed by atoms with van der Waals surface area (Å²) in [5.74, 6) is -2.28. The number of allylic oxidation sites excluding steroid dienone is 18. The van der Waals surface area contributed by atoms with Crippen LogP contribution in [0.2, 0.25) is 0 Å². The number of phosphoric acid groups is 2. The van der Waals surface area contributed by atoms with Crippen molar-refractivity contribution in [1.29, 1.82) is 0 Å². The molecule has 0 fully saturated rings. The molecule has 2 unspecified atom stereocenters. The molecule has 0 aliphatic rings. The van der Waals surface area contributed by atoms with Crippen LogP contribution in [-0.2, 0) is 65.4 Å². The van der Waals surface area contributed by atoms with E-state index in [0.29, 0.717) is 32.1 Å². The van der Waals surface area contributed by atoms with E-state index in [1.165, 1.54) is 103 Å². The molecule has 19 heteroatoms. The average molecular weight is 1500 g/mol. The Morgan fingerprint density at radius 2 is 0.519 bits per heavy atom. The Balaban J connectivity index is 5.42. The minimum Gasteiger partial charge on any atom is -0.462 e. The highest BCUT2D eigenvalue weighted by Gasteiger charge is 2.30. The number of phosphoric ester groups is 2. The Hall–Kier alpha value is -4.28. The van der Waals surface area contributed by atoms with Gasteiger partial charge in [0.05, 0.1) is 26.4 Å². The van der Waals surface area contributed by atoms with E-state index in [4.69, 9.17) is 37.0 Å². The molecule has 600 valence electrons. The monoisotopic (exact) mass is 1500 g/mol. The largest absolute Gasteiger partial charge is 0.472 e. The van der Waals surface area contributed by atoms with Crippen LogP contribution in [0.3, 0.4) is 0 Å². The first kappa shape index (κ1) is 99.7. The molecule has 0 rings (SSSR count). The van der Waals surface area contributed by atoms with E-state index in [9.17, 15) is 43.2 Å². The number of hydrogen-bond donors (Lipinski definition) is 3. The van der Waals surface area contributed by atoms with E-state index >= 15 is 0 Å². The molecule has 5 atom stereocenters. The van der Waals surface area contributed by atoms with Crippen molar-refractivity contribution >= 4 is 39.5 Å². The molecule has 0 aliphatic heterocycles. The summed E-state index contributed by atoms with van der Waals surface area (Å²) in [6, 6.07) is 0. The third-order valence-corrected chi connectivity index (χ3v) is 19.1. The van der Waals surface area contributed by atoms with Crippen LogP contribution in [0.1, 0.15) is 349 Å². The van der Waals surface area contributed by atoms with Crippen molar-refractivity contribution in [3.8, 4) is 0 Å². The maximum atomic E-state index is 13.1. The molecule has 0 aromatic heterocycles. The highest BCUT2D eigenvalue weighted by Crippen LogP contribution is 2.45. The minimum atomic E-state index is -5.00. The maximum absolute atomic E-state index is 13.1. The van der Waals surface area contributed by atoms with Gasteiger partial charge in [-0.3, -0.25) is 37.3 Å². The van der Waals surface area contributed by atoms with Gasteiger partial charge in [0.2, 0.25) is 0 Å². The molecule has 0 aromatic rings. The number of aliphatic hydroxyl groups is 1. The summed E-state index contributed by atoms with van der Waals surface area (Å²) in [6.45, 7) is 4.67. The Labute approximate surface area is 632 Å². The van der Waals surface area contributed by atoms with Crippen LogP contribution < -0.4 is 0 Å². The van der Waals surface area contributed by atoms with Crippen LogP contribution in [0.15, 0.2) is 109 Å². The van der Waals surface area contributed by atoms with Gasteiger partial charge in [-0.25, -0.2) is 9.13 Å². The Morgan fingerprint density at radius 3 is 0.837 bits per heavy atom. The Morgan fingerprint density at radius 1 is 0.279 bits per heavy atom. The van der Waals surface area contributed by atoms with E-state index in [1.807, 2.05) is 18.2 Å². The maximum Gasteiger partial charge on any atom is 0.472 e. The second-order valence-corrected chi connectivity index (χ2v) is 30.2. The van der Waals surface area contributed by atoms with Gasteiger partial charge in [-0.2, -0.15) is 0 Å². The molecule has 0 amide bonds. The van der Waals surface area contributed by atoms with Crippen LogP contribution in [0.4, 0.5) is 0 Å². The van der Waals surface area contributed by atoms with Crippen LogP contribution in [0.25, 0.3) is 0 Å². The molecular weight excluding hydrogens is 1350 g/mol. The zero-order valence-electron chi connectivity index (χ0n) is 65.7. The van der Waals surface area contributed by atoms with Crippen molar-refractivity contribution < 1.29 is 80.2 Å². The van der Waals surface area contributed by atoms with Gasteiger partial charge < -0.3 is 33.8 Å². The number of carbonyl (C=O) groups excluding carboxylic acids is 4. The highest BCUT2D eigenvalue weighted by atomic mass is 31.2. The minimum absolute atomic E-state index is 0.0342. The number of unbranched alkanes of at least 4 members (excludes halogenated alkanes) is 33. The quantitative estimate of drug-likeness (QED) is 0.0169. The molecule has 0 spiro atoms. The fourth-order valence-corrected chi connectivity index (χ4v) is 12.5. The predicted octanol–water partition coefficient (Wildman–Crippen LogP) is 24.1. The fraction of sp³-hybridized carbons (Fsp3) is 0.741. The second-order valence-electron chi connectivity index (χ2n) is 27.3. The number of rotatable bonds is 77. The standard InChI is InChI=1S/C85H148O17P2/c1-5-9-13-17-21-25-29-33-37-38-39-40-44-46-50-54-58-62-66-70-83(88)96-76-81(102-85(90)72-68-64-60-56-52-48-43-36-32-28-24-20-16-12-8-4)78-100-104(93,94)98-74-79(86)73-97-103(91,92)99-77-80(101-84(89)71-67-63-59-55-51-47-42-35-31-27-23-19-15-11-7-3)75-95-82(87)69-65-61-57-53-49-45-41-34-30-26-22-18-14-10-6-2/h9,13,21,25-27,30-31,33,36-37,39-40,43,46,50,58,62,79-81,86H,5-8,10-12,14-20,22-24,28-29,32,34-35,38,41-42,44-45,47-49,51-57,59-61,63-78H2,1-4H3,(H,91,92)(H,93,94)/b13-9-,25-21-,30-26-,31-27-,37-33-,40-39-,43-36-,50-46-,62-58-/t79-,80+,81+/m0/s1. The lowest BCUT2D eigenvalue weighted by Gasteiger charge is -2.21. The van der Waals surface area contributed by atoms with E-state index in [0.717, 1.165) is 161 Å². The Bertz CT molecular complexity index is 2390. The van der Waals surface area contributed by atoms with Crippen LogP contribution in [0.5, 0.6) is 0 Å². The molecule has 0 bridgehead atoms. The molecular formula is C85H148O17P2. The van der Waals surface area contributed by atoms with Gasteiger partial charge >= 0.3 is 39.5 Å². The van der Waals surface area contributed by atoms with Crippen molar-refractivity contribution in [2.75, 3.05) is 39.6 Å². The van der Waals surface area contributed by atoms with Crippen molar-refractivity contribution in [1.82, 2.24) is 0 Å². The molecule has 104 heavy (non-hydrogen) atoms.